The summed E-state index contributed by atoms with van der Waals surface area (Å²) in [7, 11) is 0. The predicted octanol–water partition coefficient (Wildman–Crippen LogP) is 3.81. The first-order valence-corrected chi connectivity index (χ1v) is 15.3. The zero-order chi connectivity index (χ0) is 28.6. The zero-order valence-corrected chi connectivity index (χ0v) is 24.7. The lowest BCUT2D eigenvalue weighted by Gasteiger charge is -2.39. The molecule has 3 rings (SSSR count). The number of fused-ring (bicyclic) bond motifs is 1. The number of imidazole rings is 1. The molecule has 0 amide bonds. The first-order chi connectivity index (χ1) is 19.7. The Balaban J connectivity index is 1.94. The summed E-state index contributed by atoms with van der Waals surface area (Å²) in [6.07, 6.45) is 14.6. The molecule has 1 aromatic heterocycles. The number of azo groups is 1. The molecule has 1 aliphatic rings. The lowest BCUT2D eigenvalue weighted by molar-refractivity contribution is -0.684. The second-order valence-corrected chi connectivity index (χ2v) is 10.5. The molecule has 0 unspecified atom stereocenters. The van der Waals surface area contributed by atoms with E-state index in [1.165, 1.54) is 11.4 Å². The normalized spacial score (nSPS) is 13.7. The van der Waals surface area contributed by atoms with Crippen molar-refractivity contribution in [2.24, 2.45) is 33.2 Å². The zero-order valence-electron chi connectivity index (χ0n) is 24.7. The van der Waals surface area contributed by atoms with Gasteiger partial charge in [0.05, 0.1) is 24.5 Å². The molecule has 0 saturated carbocycles. The molecule has 0 atom stereocenters. The number of rotatable bonds is 19. The second kappa shape index (κ2) is 17.8. The number of benzene rings is 1. The standard InChI is InChI=1S/C30H53N10/c1-2-11-27-25-39(20-9-5-16-33)30(40(27)21-10-6-17-34)36-35-26-12-13-28-29(24-26)38(19-8-4-15-32)23-22-37(28)18-7-3-14-31/h2,11-13,24-25H,3-10,14-23,31-34H2,1H3/q+1/b11-2-. The van der Waals surface area contributed by atoms with E-state index >= 15 is 0 Å². The summed E-state index contributed by atoms with van der Waals surface area (Å²) in [6.45, 7) is 10.6. The van der Waals surface area contributed by atoms with Crippen LogP contribution in [0, 0.1) is 0 Å². The molecule has 2 aromatic rings. The number of unbranched alkanes of at least 4 members (excludes halogenated alkanes) is 4. The molecular formula is C30H53N10+. The number of anilines is 2. The summed E-state index contributed by atoms with van der Waals surface area (Å²) in [5.74, 6) is 0.864. The van der Waals surface area contributed by atoms with E-state index in [9.17, 15) is 0 Å². The van der Waals surface area contributed by atoms with Gasteiger partial charge in [0.1, 0.15) is 17.6 Å². The van der Waals surface area contributed by atoms with E-state index in [1.807, 2.05) is 6.92 Å². The largest absolute Gasteiger partial charge is 0.422 e. The maximum atomic E-state index is 5.80. The number of hydrogen-bond donors (Lipinski definition) is 4. The van der Waals surface area contributed by atoms with Crippen LogP contribution in [0.5, 0.6) is 0 Å². The fraction of sp³-hybridized carbons (Fsp3) is 0.633. The molecule has 40 heavy (non-hydrogen) atoms. The van der Waals surface area contributed by atoms with Crippen LogP contribution >= 0.6 is 0 Å². The van der Waals surface area contributed by atoms with Crippen LogP contribution in [-0.4, -0.2) is 56.9 Å². The number of aryl methyl sites for hydroxylation is 1. The van der Waals surface area contributed by atoms with E-state index in [1.54, 1.807) is 0 Å². The summed E-state index contributed by atoms with van der Waals surface area (Å²) < 4.78 is 4.48. The molecule has 1 aliphatic heterocycles. The third-order valence-electron chi connectivity index (χ3n) is 7.42. The van der Waals surface area contributed by atoms with Crippen molar-refractivity contribution in [1.29, 1.82) is 0 Å². The first-order valence-electron chi connectivity index (χ1n) is 15.3. The Bertz CT molecular complexity index is 1060. The maximum Gasteiger partial charge on any atom is 0.422 e. The van der Waals surface area contributed by atoms with Crippen LogP contribution in [0.4, 0.5) is 23.0 Å². The fourth-order valence-corrected chi connectivity index (χ4v) is 5.25. The van der Waals surface area contributed by atoms with Crippen LogP contribution in [-0.2, 0) is 13.1 Å². The van der Waals surface area contributed by atoms with E-state index in [-0.39, 0.29) is 0 Å². The number of allylic oxidation sites excluding steroid dienone is 1. The Hall–Kier alpha value is -2.79. The van der Waals surface area contributed by atoms with Gasteiger partial charge in [-0.05, 0) is 109 Å². The number of hydrogen-bond acceptors (Lipinski definition) is 8. The molecule has 222 valence electrons. The molecule has 1 aromatic carbocycles. The fourth-order valence-electron chi connectivity index (χ4n) is 5.25. The van der Waals surface area contributed by atoms with Gasteiger partial charge in [0.2, 0.25) is 0 Å². The van der Waals surface area contributed by atoms with Crippen molar-refractivity contribution in [3.05, 3.63) is 36.2 Å². The molecule has 10 heteroatoms. The van der Waals surface area contributed by atoms with Gasteiger partial charge >= 0.3 is 5.95 Å². The smallest absolute Gasteiger partial charge is 0.368 e. The molecule has 0 bridgehead atoms. The molecule has 10 nitrogen and oxygen atoms in total. The molecule has 0 radical (unpaired) electrons. The van der Waals surface area contributed by atoms with Crippen molar-refractivity contribution in [3.8, 4) is 0 Å². The molecule has 0 aliphatic carbocycles. The van der Waals surface area contributed by atoms with E-state index in [4.69, 9.17) is 33.2 Å². The van der Waals surface area contributed by atoms with Gasteiger partial charge in [-0.3, -0.25) is 0 Å². The van der Waals surface area contributed by atoms with Gasteiger partial charge in [-0.1, -0.05) is 11.2 Å². The minimum atomic E-state index is 0.688. The van der Waals surface area contributed by atoms with Gasteiger partial charge in [0.15, 0.2) is 0 Å². The molecule has 8 N–H and O–H groups in total. The lowest BCUT2D eigenvalue weighted by Crippen LogP contribution is -2.42. The summed E-state index contributed by atoms with van der Waals surface area (Å²) in [5, 5.41) is 9.65. The number of nitrogens with two attached hydrogens (primary N) is 4. The van der Waals surface area contributed by atoms with Crippen molar-refractivity contribution in [1.82, 2.24) is 4.57 Å². The van der Waals surface area contributed by atoms with E-state index in [0.29, 0.717) is 13.1 Å². The summed E-state index contributed by atoms with van der Waals surface area (Å²) in [5.41, 5.74) is 27.6. The number of aromatic nitrogens is 2. The van der Waals surface area contributed by atoms with Crippen molar-refractivity contribution < 1.29 is 4.57 Å². The highest BCUT2D eigenvalue weighted by Gasteiger charge is 2.24. The van der Waals surface area contributed by atoms with Gasteiger partial charge in [-0.2, -0.15) is 0 Å². The van der Waals surface area contributed by atoms with Crippen molar-refractivity contribution in [3.63, 3.8) is 0 Å². The molecular weight excluding hydrogens is 500 g/mol. The second-order valence-electron chi connectivity index (χ2n) is 10.5. The summed E-state index contributed by atoms with van der Waals surface area (Å²) in [6, 6.07) is 6.50. The van der Waals surface area contributed by atoms with Crippen molar-refractivity contribution in [2.45, 2.75) is 71.4 Å². The Morgan fingerprint density at radius 1 is 0.750 bits per heavy atom. The number of nitrogens with zero attached hydrogens (tertiary/aromatic N) is 6. The Labute approximate surface area is 241 Å². The van der Waals surface area contributed by atoms with E-state index < -0.39 is 0 Å². The van der Waals surface area contributed by atoms with Crippen molar-refractivity contribution >= 4 is 29.1 Å². The molecule has 0 fully saturated rings. The first kappa shape index (κ1) is 31.7. The Morgan fingerprint density at radius 3 is 1.98 bits per heavy atom. The summed E-state index contributed by atoms with van der Waals surface area (Å²) >= 11 is 0. The third-order valence-corrected chi connectivity index (χ3v) is 7.42. The highest BCUT2D eigenvalue weighted by atomic mass is 15.3. The van der Waals surface area contributed by atoms with Crippen LogP contribution in [0.1, 0.15) is 64.0 Å². The van der Waals surface area contributed by atoms with Crippen LogP contribution in [0.2, 0.25) is 0 Å². The topological polar surface area (TPSA) is 144 Å². The highest BCUT2D eigenvalue weighted by molar-refractivity contribution is 5.76. The highest BCUT2D eigenvalue weighted by Crippen LogP contribution is 2.37. The Morgan fingerprint density at radius 2 is 1.35 bits per heavy atom. The Kier molecular flexibility index (Phi) is 14.1. The average molecular weight is 554 g/mol. The minimum Gasteiger partial charge on any atom is -0.368 e. The monoisotopic (exact) mass is 553 g/mol. The minimum absolute atomic E-state index is 0.688. The van der Waals surface area contributed by atoms with E-state index in [0.717, 1.165) is 121 Å². The van der Waals surface area contributed by atoms with E-state index in [2.05, 4.69) is 55.5 Å². The maximum absolute atomic E-state index is 5.80. The van der Waals surface area contributed by atoms with Crippen LogP contribution in [0.15, 0.2) is 40.7 Å². The predicted molar refractivity (Wildman–Crippen MR) is 168 cm³/mol. The quantitative estimate of drug-likeness (QED) is 0.118. The van der Waals surface area contributed by atoms with Crippen LogP contribution < -0.4 is 37.3 Å². The lowest BCUT2D eigenvalue weighted by atomic mass is 10.1. The summed E-state index contributed by atoms with van der Waals surface area (Å²) in [4.78, 5) is 4.97. The van der Waals surface area contributed by atoms with Crippen molar-refractivity contribution in [2.75, 3.05) is 62.2 Å². The average Bonchev–Trinajstić information content (AvgIpc) is 3.29. The molecule has 0 spiro atoms. The van der Waals surface area contributed by atoms with Gasteiger partial charge < -0.3 is 32.7 Å². The van der Waals surface area contributed by atoms with Gasteiger partial charge in [-0.15, -0.1) is 0 Å². The van der Waals surface area contributed by atoms with Gasteiger partial charge in [0.25, 0.3) is 0 Å². The van der Waals surface area contributed by atoms with Crippen LogP contribution in [0.25, 0.3) is 6.08 Å². The van der Waals surface area contributed by atoms with Gasteiger partial charge in [-0.25, -0.2) is 9.13 Å². The SMILES string of the molecule is C/C=C\c1c[n+](CCCCN)c(N=Nc2ccc3c(c2)N(CCCCN)CCN3CCCCN)n1CCCCN. The third kappa shape index (κ3) is 9.12. The molecule has 2 heterocycles. The van der Waals surface area contributed by atoms with Gasteiger partial charge in [0, 0.05) is 31.3 Å². The molecule has 0 saturated heterocycles. The van der Waals surface area contributed by atoms with Crippen LogP contribution in [0.3, 0.4) is 0 Å².